The second-order valence-electron chi connectivity index (χ2n) is 5.67. The van der Waals surface area contributed by atoms with Crippen LogP contribution < -0.4 is 5.32 Å². The maximum absolute atomic E-state index is 11.9. The molecule has 0 spiro atoms. The third kappa shape index (κ3) is 4.94. The summed E-state index contributed by atoms with van der Waals surface area (Å²) < 4.78 is 5.55. The second kappa shape index (κ2) is 7.10. The number of hydrogen-bond donors (Lipinski definition) is 1. The lowest BCUT2D eigenvalue weighted by Gasteiger charge is -2.18. The molecule has 2 fully saturated rings. The zero-order chi connectivity index (χ0) is 12.8. The molecule has 1 amide bonds. The van der Waals surface area contributed by atoms with Crippen LogP contribution in [-0.4, -0.2) is 50.2 Å². The van der Waals surface area contributed by atoms with Crippen molar-refractivity contribution in [2.45, 2.75) is 44.6 Å². The Morgan fingerprint density at radius 3 is 2.89 bits per heavy atom. The van der Waals surface area contributed by atoms with Gasteiger partial charge in [-0.1, -0.05) is 0 Å². The van der Waals surface area contributed by atoms with Crippen LogP contribution in [0.4, 0.5) is 0 Å². The normalized spacial score (nSPS) is 23.3. The monoisotopic (exact) mass is 254 g/mol. The van der Waals surface area contributed by atoms with Crippen molar-refractivity contribution in [1.29, 1.82) is 0 Å². The van der Waals surface area contributed by atoms with Gasteiger partial charge in [-0.15, -0.1) is 0 Å². The molecule has 1 N–H and O–H groups in total. The van der Waals surface area contributed by atoms with Crippen molar-refractivity contribution in [1.82, 2.24) is 10.2 Å². The minimum absolute atomic E-state index is 0.249. The predicted molar refractivity (Wildman–Crippen MR) is 71.4 cm³/mol. The molecular weight excluding hydrogens is 228 g/mol. The molecular formula is C14H26N2O2. The van der Waals surface area contributed by atoms with Gasteiger partial charge in [-0.05, 0) is 44.6 Å². The van der Waals surface area contributed by atoms with Crippen molar-refractivity contribution >= 4 is 5.91 Å². The van der Waals surface area contributed by atoms with E-state index in [0.717, 1.165) is 32.0 Å². The third-order valence-electron chi connectivity index (χ3n) is 3.92. The van der Waals surface area contributed by atoms with Gasteiger partial charge in [0.15, 0.2) is 0 Å². The summed E-state index contributed by atoms with van der Waals surface area (Å²) in [6, 6.07) is 0.563. The van der Waals surface area contributed by atoms with Crippen LogP contribution >= 0.6 is 0 Å². The van der Waals surface area contributed by atoms with E-state index in [1.54, 1.807) is 0 Å². The standard InChI is InChI=1S/C14H26N2O2/c1-16(9-10-18-11-12-4-5-12)14(17)7-6-13-3-2-8-15-13/h12-13,15H,2-11H2,1H3. The molecule has 0 radical (unpaired) electrons. The van der Waals surface area contributed by atoms with Crippen LogP contribution in [0.3, 0.4) is 0 Å². The first-order chi connectivity index (χ1) is 8.75. The summed E-state index contributed by atoms with van der Waals surface area (Å²) in [5.41, 5.74) is 0. The van der Waals surface area contributed by atoms with E-state index < -0.39 is 0 Å². The molecule has 2 rings (SSSR count). The van der Waals surface area contributed by atoms with Gasteiger partial charge in [0.2, 0.25) is 5.91 Å². The number of hydrogen-bond acceptors (Lipinski definition) is 3. The molecule has 0 bridgehead atoms. The number of nitrogens with one attached hydrogen (secondary N) is 1. The van der Waals surface area contributed by atoms with Crippen molar-refractivity contribution < 1.29 is 9.53 Å². The van der Waals surface area contributed by atoms with Gasteiger partial charge in [0.05, 0.1) is 6.61 Å². The number of carbonyl (C=O) groups excluding carboxylic acids is 1. The molecule has 0 aromatic rings. The summed E-state index contributed by atoms with van der Waals surface area (Å²) in [6.45, 7) is 3.40. The number of ether oxygens (including phenoxy) is 1. The number of likely N-dealkylation sites (N-methyl/N-ethyl adjacent to an activating group) is 1. The van der Waals surface area contributed by atoms with E-state index in [9.17, 15) is 4.79 Å². The number of amides is 1. The first kappa shape index (κ1) is 13.8. The summed E-state index contributed by atoms with van der Waals surface area (Å²) in [4.78, 5) is 13.7. The average molecular weight is 254 g/mol. The van der Waals surface area contributed by atoms with Crippen molar-refractivity contribution in [3.05, 3.63) is 0 Å². The van der Waals surface area contributed by atoms with E-state index >= 15 is 0 Å². The summed E-state index contributed by atoms with van der Waals surface area (Å²) in [7, 11) is 1.88. The van der Waals surface area contributed by atoms with E-state index in [1.165, 1.54) is 25.7 Å². The molecule has 1 unspecified atom stereocenters. The Morgan fingerprint density at radius 1 is 1.39 bits per heavy atom. The van der Waals surface area contributed by atoms with E-state index in [-0.39, 0.29) is 5.91 Å². The molecule has 0 aromatic heterocycles. The largest absolute Gasteiger partial charge is 0.379 e. The van der Waals surface area contributed by atoms with E-state index in [1.807, 2.05) is 11.9 Å². The van der Waals surface area contributed by atoms with Crippen LogP contribution in [-0.2, 0) is 9.53 Å². The van der Waals surface area contributed by atoms with Crippen LogP contribution in [0.2, 0.25) is 0 Å². The van der Waals surface area contributed by atoms with Crippen molar-refractivity contribution in [2.24, 2.45) is 5.92 Å². The van der Waals surface area contributed by atoms with Crippen LogP contribution in [0.1, 0.15) is 38.5 Å². The number of rotatable bonds is 8. The number of carbonyl (C=O) groups is 1. The summed E-state index contributed by atoms with van der Waals surface area (Å²) >= 11 is 0. The van der Waals surface area contributed by atoms with Crippen molar-refractivity contribution in [3.8, 4) is 0 Å². The fraction of sp³-hybridized carbons (Fsp3) is 0.929. The SMILES string of the molecule is CN(CCOCC1CC1)C(=O)CCC1CCCN1. The Bertz CT molecular complexity index is 261. The Hall–Kier alpha value is -0.610. The van der Waals surface area contributed by atoms with E-state index in [0.29, 0.717) is 19.1 Å². The Kier molecular flexibility index (Phi) is 5.45. The molecule has 4 nitrogen and oxygen atoms in total. The quantitative estimate of drug-likeness (QED) is 0.666. The average Bonchev–Trinajstić information content (AvgIpc) is 3.05. The van der Waals surface area contributed by atoms with Crippen LogP contribution in [0.25, 0.3) is 0 Å². The lowest BCUT2D eigenvalue weighted by molar-refractivity contribution is -0.130. The molecule has 1 saturated heterocycles. The molecule has 4 heteroatoms. The summed E-state index contributed by atoms with van der Waals surface area (Å²) in [6.07, 6.45) is 6.76. The Morgan fingerprint density at radius 2 is 2.22 bits per heavy atom. The first-order valence-corrected chi connectivity index (χ1v) is 7.31. The highest BCUT2D eigenvalue weighted by Crippen LogP contribution is 2.28. The highest BCUT2D eigenvalue weighted by Gasteiger charge is 2.21. The van der Waals surface area contributed by atoms with Gasteiger partial charge in [0.1, 0.15) is 0 Å². The van der Waals surface area contributed by atoms with Crippen molar-refractivity contribution in [2.75, 3.05) is 33.4 Å². The molecule has 1 aliphatic carbocycles. The Balaban J connectivity index is 1.49. The first-order valence-electron chi connectivity index (χ1n) is 7.31. The highest BCUT2D eigenvalue weighted by molar-refractivity contribution is 5.75. The molecule has 1 atom stereocenters. The van der Waals surface area contributed by atoms with Crippen molar-refractivity contribution in [3.63, 3.8) is 0 Å². The van der Waals surface area contributed by atoms with Gasteiger partial charge in [-0.25, -0.2) is 0 Å². The van der Waals surface area contributed by atoms with Gasteiger partial charge in [-0.2, -0.15) is 0 Å². The van der Waals surface area contributed by atoms with Gasteiger partial charge < -0.3 is 15.0 Å². The molecule has 18 heavy (non-hydrogen) atoms. The van der Waals surface area contributed by atoms with E-state index in [4.69, 9.17) is 4.74 Å². The van der Waals surface area contributed by atoms with Gasteiger partial charge in [0.25, 0.3) is 0 Å². The van der Waals surface area contributed by atoms with Gasteiger partial charge in [-0.3, -0.25) is 4.79 Å². The fourth-order valence-corrected chi connectivity index (χ4v) is 2.35. The molecule has 104 valence electrons. The second-order valence-corrected chi connectivity index (χ2v) is 5.67. The topological polar surface area (TPSA) is 41.6 Å². The fourth-order valence-electron chi connectivity index (χ4n) is 2.35. The Labute approximate surface area is 110 Å². The lowest BCUT2D eigenvalue weighted by Crippen LogP contribution is -2.32. The van der Waals surface area contributed by atoms with E-state index in [2.05, 4.69) is 5.32 Å². The van der Waals surface area contributed by atoms with Gasteiger partial charge in [0, 0.05) is 32.7 Å². The van der Waals surface area contributed by atoms with Gasteiger partial charge >= 0.3 is 0 Å². The van der Waals surface area contributed by atoms with Crippen LogP contribution in [0.5, 0.6) is 0 Å². The molecule has 0 aromatic carbocycles. The van der Waals surface area contributed by atoms with Crippen LogP contribution in [0, 0.1) is 5.92 Å². The smallest absolute Gasteiger partial charge is 0.222 e. The summed E-state index contributed by atoms with van der Waals surface area (Å²) in [5.74, 6) is 1.05. The molecule has 1 heterocycles. The number of nitrogens with zero attached hydrogens (tertiary/aromatic N) is 1. The molecule has 1 aliphatic heterocycles. The minimum atomic E-state index is 0.249. The predicted octanol–water partition coefficient (Wildman–Crippen LogP) is 1.40. The lowest BCUT2D eigenvalue weighted by atomic mass is 10.1. The zero-order valence-corrected chi connectivity index (χ0v) is 11.5. The maximum atomic E-state index is 11.9. The highest BCUT2D eigenvalue weighted by atomic mass is 16.5. The van der Waals surface area contributed by atoms with Crippen LogP contribution in [0.15, 0.2) is 0 Å². The molecule has 2 aliphatic rings. The maximum Gasteiger partial charge on any atom is 0.222 e. The molecule has 1 saturated carbocycles. The summed E-state index contributed by atoms with van der Waals surface area (Å²) in [5, 5.41) is 3.43. The minimum Gasteiger partial charge on any atom is -0.379 e. The third-order valence-corrected chi connectivity index (χ3v) is 3.92. The zero-order valence-electron chi connectivity index (χ0n) is 11.5.